The molecule has 9 N–H and O–H groups in total. The number of carbonyl (C=O) groups is 1. The van der Waals surface area contributed by atoms with Crippen LogP contribution in [0, 0.1) is 0 Å². The van der Waals surface area contributed by atoms with Crippen molar-refractivity contribution in [3.63, 3.8) is 0 Å². The first kappa shape index (κ1) is 60.1. The van der Waals surface area contributed by atoms with Gasteiger partial charge in [-0.15, -0.1) is 0 Å². The zero-order valence-electron chi connectivity index (χ0n) is 40.7. The third kappa shape index (κ3) is 25.5. The van der Waals surface area contributed by atoms with Crippen molar-refractivity contribution in [2.45, 2.75) is 254 Å². The van der Waals surface area contributed by atoms with E-state index in [1.54, 1.807) is 6.08 Å². The summed E-state index contributed by atoms with van der Waals surface area (Å²) in [5, 5.41) is 86.7. The minimum Gasteiger partial charge on any atom is -0.394 e. The van der Waals surface area contributed by atoms with Gasteiger partial charge in [-0.05, 0) is 51.4 Å². The number of ether oxygens (including phenoxy) is 4. The van der Waals surface area contributed by atoms with E-state index >= 15 is 0 Å². The van der Waals surface area contributed by atoms with Gasteiger partial charge in [-0.1, -0.05) is 172 Å². The third-order valence-electron chi connectivity index (χ3n) is 12.5. The largest absolute Gasteiger partial charge is 0.394 e. The van der Waals surface area contributed by atoms with Crippen molar-refractivity contribution < 1.29 is 64.6 Å². The van der Waals surface area contributed by atoms with Crippen LogP contribution in [0.4, 0.5) is 0 Å². The van der Waals surface area contributed by atoms with Crippen LogP contribution in [0.25, 0.3) is 0 Å². The lowest BCUT2D eigenvalue weighted by atomic mass is 9.97. The van der Waals surface area contributed by atoms with Gasteiger partial charge in [-0.25, -0.2) is 0 Å². The third-order valence-corrected chi connectivity index (χ3v) is 12.5. The Labute approximate surface area is 397 Å². The summed E-state index contributed by atoms with van der Waals surface area (Å²) in [6.07, 6.45) is 28.7. The monoisotopic (exact) mass is 940 g/mol. The summed E-state index contributed by atoms with van der Waals surface area (Å²) in [7, 11) is 0. The highest BCUT2D eigenvalue weighted by molar-refractivity contribution is 5.76. The molecular formula is C52H93NO13. The summed E-state index contributed by atoms with van der Waals surface area (Å²) >= 11 is 0. The van der Waals surface area contributed by atoms with E-state index in [9.17, 15) is 45.6 Å². The van der Waals surface area contributed by atoms with E-state index in [0.717, 1.165) is 57.8 Å². The Balaban J connectivity index is 1.85. The maximum absolute atomic E-state index is 13.1. The highest BCUT2D eigenvalue weighted by Crippen LogP contribution is 2.30. The molecule has 2 heterocycles. The summed E-state index contributed by atoms with van der Waals surface area (Å²) < 4.78 is 22.7. The predicted molar refractivity (Wildman–Crippen MR) is 258 cm³/mol. The fourth-order valence-corrected chi connectivity index (χ4v) is 8.30. The Bertz CT molecular complexity index is 1290. The van der Waals surface area contributed by atoms with Gasteiger partial charge in [0, 0.05) is 6.42 Å². The highest BCUT2D eigenvalue weighted by Gasteiger charge is 2.51. The Hall–Kier alpha value is -2.05. The van der Waals surface area contributed by atoms with Gasteiger partial charge >= 0.3 is 0 Å². The molecule has 12 unspecified atom stereocenters. The van der Waals surface area contributed by atoms with Crippen LogP contribution in [0.2, 0.25) is 0 Å². The van der Waals surface area contributed by atoms with Crippen LogP contribution < -0.4 is 5.32 Å². The molecule has 2 fully saturated rings. The normalized spacial score (nSPS) is 27.2. The number of aliphatic hydroxyl groups excluding tert-OH is 8. The fourth-order valence-electron chi connectivity index (χ4n) is 8.30. The molecule has 2 aliphatic heterocycles. The first-order valence-electron chi connectivity index (χ1n) is 25.9. The van der Waals surface area contributed by atoms with Crippen LogP contribution in [0.15, 0.2) is 48.6 Å². The van der Waals surface area contributed by atoms with Gasteiger partial charge in [0.15, 0.2) is 12.6 Å². The molecule has 0 bridgehead atoms. The zero-order valence-corrected chi connectivity index (χ0v) is 40.7. The number of rotatable bonds is 39. The zero-order chi connectivity index (χ0) is 48.2. The molecule has 14 heteroatoms. The predicted octanol–water partition coefficient (Wildman–Crippen LogP) is 6.88. The lowest BCUT2D eigenvalue weighted by Crippen LogP contribution is -2.65. The van der Waals surface area contributed by atoms with Gasteiger partial charge in [0.2, 0.25) is 5.91 Å². The second-order valence-corrected chi connectivity index (χ2v) is 18.3. The van der Waals surface area contributed by atoms with Gasteiger partial charge in [-0.2, -0.15) is 0 Å². The van der Waals surface area contributed by atoms with Crippen molar-refractivity contribution in [1.82, 2.24) is 5.32 Å². The van der Waals surface area contributed by atoms with Crippen molar-refractivity contribution in [3.05, 3.63) is 48.6 Å². The van der Waals surface area contributed by atoms with Gasteiger partial charge in [0.1, 0.15) is 48.8 Å². The van der Waals surface area contributed by atoms with Gasteiger partial charge in [-0.3, -0.25) is 4.79 Å². The topological polar surface area (TPSA) is 228 Å². The molecule has 2 rings (SSSR count). The Kier molecular flexibility index (Phi) is 35.3. The average molecular weight is 940 g/mol. The molecule has 2 aliphatic rings. The van der Waals surface area contributed by atoms with E-state index in [1.165, 1.54) is 96.3 Å². The summed E-state index contributed by atoms with van der Waals surface area (Å²) in [6, 6.07) is -0.929. The molecule has 0 radical (unpaired) electrons. The van der Waals surface area contributed by atoms with Crippen molar-refractivity contribution >= 4 is 5.91 Å². The molecule has 12 atom stereocenters. The molecule has 1 amide bonds. The number of hydrogen-bond donors (Lipinski definition) is 9. The molecule has 0 aromatic carbocycles. The fraction of sp³-hybridized carbons (Fsp3) is 0.827. The summed E-state index contributed by atoms with van der Waals surface area (Å²) in [6.45, 7) is 2.64. The van der Waals surface area contributed by atoms with E-state index < -0.39 is 86.8 Å². The van der Waals surface area contributed by atoms with E-state index in [4.69, 9.17) is 18.9 Å². The van der Waals surface area contributed by atoms with E-state index in [-0.39, 0.29) is 18.9 Å². The number of nitrogens with one attached hydrogen (secondary N) is 1. The molecule has 66 heavy (non-hydrogen) atoms. The van der Waals surface area contributed by atoms with Crippen molar-refractivity contribution in [1.29, 1.82) is 0 Å². The highest BCUT2D eigenvalue weighted by atomic mass is 16.7. The SMILES string of the molecule is CC/C=C\C/C=C\C/C=C\CCCCCC(=O)NC(COC1OC(CO)C(OC2OC(CO)C(O)C(O)C2O)C(O)C1O)C(O)/C=C/CCCCCCCCCCCCCCCCCCC. The number of amides is 1. The molecule has 2 saturated heterocycles. The number of aliphatic hydroxyl groups is 8. The summed E-state index contributed by atoms with van der Waals surface area (Å²) in [5.74, 6) is -0.270. The smallest absolute Gasteiger partial charge is 0.220 e. The maximum atomic E-state index is 13.1. The van der Waals surface area contributed by atoms with E-state index in [1.807, 2.05) is 6.08 Å². The first-order chi connectivity index (χ1) is 32.1. The number of unbranched alkanes of at least 4 members (excludes halogenated alkanes) is 20. The molecule has 0 aromatic rings. The van der Waals surface area contributed by atoms with Gasteiger partial charge in [0.25, 0.3) is 0 Å². The molecular weight excluding hydrogens is 847 g/mol. The second kappa shape index (κ2) is 38.8. The Morgan fingerprint density at radius 3 is 1.61 bits per heavy atom. The Morgan fingerprint density at radius 2 is 1.05 bits per heavy atom. The second-order valence-electron chi connectivity index (χ2n) is 18.3. The minimum absolute atomic E-state index is 0.245. The molecule has 384 valence electrons. The number of allylic oxidation sites excluding steroid dienone is 7. The molecule has 0 saturated carbocycles. The molecule has 0 spiro atoms. The van der Waals surface area contributed by atoms with Crippen molar-refractivity contribution in [2.24, 2.45) is 0 Å². The van der Waals surface area contributed by atoms with Crippen LogP contribution >= 0.6 is 0 Å². The van der Waals surface area contributed by atoms with E-state index in [0.29, 0.717) is 6.42 Å². The van der Waals surface area contributed by atoms with E-state index in [2.05, 4.69) is 55.6 Å². The molecule has 0 aliphatic carbocycles. The lowest BCUT2D eigenvalue weighted by Gasteiger charge is -2.46. The maximum Gasteiger partial charge on any atom is 0.220 e. The number of hydrogen-bond acceptors (Lipinski definition) is 13. The minimum atomic E-state index is -1.79. The quantitative estimate of drug-likeness (QED) is 0.0227. The van der Waals surface area contributed by atoms with Crippen molar-refractivity contribution in [2.75, 3.05) is 19.8 Å². The summed E-state index contributed by atoms with van der Waals surface area (Å²) in [5.41, 5.74) is 0. The van der Waals surface area contributed by atoms with Gasteiger partial charge < -0.3 is 65.1 Å². The lowest BCUT2D eigenvalue weighted by molar-refractivity contribution is -0.359. The number of carbonyl (C=O) groups excluding carboxylic acids is 1. The van der Waals surface area contributed by atoms with Crippen LogP contribution in [0.5, 0.6) is 0 Å². The van der Waals surface area contributed by atoms with Crippen LogP contribution in [0.1, 0.15) is 181 Å². The van der Waals surface area contributed by atoms with Crippen LogP contribution in [-0.2, 0) is 23.7 Å². The van der Waals surface area contributed by atoms with Gasteiger partial charge in [0.05, 0.1) is 32.0 Å². The molecule has 0 aromatic heterocycles. The molecule has 14 nitrogen and oxygen atoms in total. The van der Waals surface area contributed by atoms with Crippen LogP contribution in [-0.4, -0.2) is 140 Å². The first-order valence-corrected chi connectivity index (χ1v) is 25.9. The standard InChI is InChI=1S/C52H93NO13/c1-3-5-7-9-11-13-15-17-18-19-20-21-22-24-25-27-29-31-33-35-41(56)40(53-44(57)36-34-32-30-28-26-23-16-14-12-10-8-6-4-2)39-63-51-49(62)47(60)50(43(38-55)65-51)66-52-48(61)46(59)45(58)42(37-54)64-52/h6,8,12,14,23,26,33,35,40-43,45-52,54-56,58-62H,3-5,7,9-11,13,15-22,24-25,27-32,34,36-39H2,1-2H3,(H,53,57)/b8-6-,14-12-,26-23-,35-33+. The van der Waals surface area contributed by atoms with Crippen molar-refractivity contribution in [3.8, 4) is 0 Å². The van der Waals surface area contributed by atoms with Crippen LogP contribution in [0.3, 0.4) is 0 Å². The summed E-state index contributed by atoms with van der Waals surface area (Å²) in [4.78, 5) is 13.1. The average Bonchev–Trinajstić information content (AvgIpc) is 3.31. The Morgan fingerprint density at radius 1 is 0.561 bits per heavy atom.